The lowest BCUT2D eigenvalue weighted by Gasteiger charge is -2.05. The van der Waals surface area contributed by atoms with Gasteiger partial charge in [0, 0.05) is 13.0 Å². The van der Waals surface area contributed by atoms with Gasteiger partial charge in [0.15, 0.2) is 12.4 Å². The third kappa shape index (κ3) is 81.5. The molecule has 0 saturated heterocycles. The third-order valence-electron chi connectivity index (χ3n) is 0.395. The van der Waals surface area contributed by atoms with Crippen LogP contribution < -0.4 is 0 Å². The zero-order valence-corrected chi connectivity index (χ0v) is 13.7. The molecular weight excluding hydrogens is 395 g/mol. The zero-order chi connectivity index (χ0) is 13.1. The van der Waals surface area contributed by atoms with Crippen LogP contribution in [0.2, 0.25) is 0 Å². The van der Waals surface area contributed by atoms with Gasteiger partial charge in [0.25, 0.3) is 0 Å². The Morgan fingerprint density at radius 2 is 1.00 bits per heavy atom. The van der Waals surface area contributed by atoms with Crippen molar-refractivity contribution in [3.8, 4) is 0 Å². The predicted octanol–water partition coefficient (Wildman–Crippen LogP) is 5.71. The Hall–Kier alpha value is 2.57. The molecular formula is C5H7Cl9O. The molecule has 0 atom stereocenters. The molecule has 96 valence electrons. The van der Waals surface area contributed by atoms with E-state index in [1.165, 1.54) is 0 Å². The van der Waals surface area contributed by atoms with E-state index in [0.717, 1.165) is 0 Å². The average molecular weight is 402 g/mol. The third-order valence-corrected chi connectivity index (χ3v) is 0.962. The highest BCUT2D eigenvalue weighted by molar-refractivity contribution is 6.67. The molecule has 0 rings (SSSR count). The maximum atomic E-state index is 8.15. The summed E-state index contributed by atoms with van der Waals surface area (Å²) in [7, 11) is 0. The summed E-state index contributed by atoms with van der Waals surface area (Å²) < 4.78 is -2.78. The first-order valence-electron chi connectivity index (χ1n) is 3.05. The number of halogens is 9. The van der Waals surface area contributed by atoms with Gasteiger partial charge in [-0.3, -0.25) is 0 Å². The monoisotopic (exact) mass is 398 g/mol. The number of rotatable bonds is 1. The molecule has 0 spiro atoms. The second-order valence-corrected chi connectivity index (χ2v) is 8.06. The fourth-order valence-electron chi connectivity index (χ4n) is 0.127. The number of hydrogen-bond acceptors (Lipinski definition) is 1. The van der Waals surface area contributed by atoms with E-state index in [1.807, 2.05) is 0 Å². The molecule has 0 saturated carbocycles. The molecule has 0 aliphatic carbocycles. The van der Waals surface area contributed by atoms with Crippen molar-refractivity contribution in [2.45, 2.75) is 18.8 Å². The molecule has 0 bridgehead atoms. The van der Waals surface area contributed by atoms with Crippen molar-refractivity contribution < 1.29 is 5.11 Å². The van der Waals surface area contributed by atoms with Gasteiger partial charge in [0.2, 0.25) is 0 Å². The van der Waals surface area contributed by atoms with Crippen molar-refractivity contribution >= 4 is 104 Å². The van der Waals surface area contributed by atoms with Crippen LogP contribution in [0.3, 0.4) is 0 Å². The van der Waals surface area contributed by atoms with E-state index in [1.54, 1.807) is 0 Å². The van der Waals surface area contributed by atoms with Gasteiger partial charge in [-0.05, 0) is 0 Å². The summed E-state index contributed by atoms with van der Waals surface area (Å²) in [5.74, 6) is 0. The summed E-state index contributed by atoms with van der Waals surface area (Å²) in [6.45, 7) is -0.0868. The van der Waals surface area contributed by atoms with Crippen LogP contribution in [-0.4, -0.2) is 24.1 Å². The molecule has 0 aliphatic rings. The molecule has 0 heterocycles. The number of aliphatic hydroxyl groups is 1. The van der Waals surface area contributed by atoms with Crippen LogP contribution in [0.15, 0.2) is 0 Å². The molecule has 0 amide bonds. The lowest BCUT2D eigenvalue weighted by Crippen LogP contribution is -2.03. The van der Waals surface area contributed by atoms with Gasteiger partial charge in [-0.25, -0.2) is 0 Å². The van der Waals surface area contributed by atoms with Gasteiger partial charge in [-0.2, -0.15) is 0 Å². The Kier molecular flexibility index (Phi) is 22.2. The first-order valence-corrected chi connectivity index (χ1v) is 6.80. The molecule has 10 heteroatoms. The summed E-state index contributed by atoms with van der Waals surface area (Å²) in [5.41, 5.74) is 0. The van der Waals surface area contributed by atoms with E-state index in [0.29, 0.717) is 0 Å². The lowest BCUT2D eigenvalue weighted by atomic mass is 10.5. The van der Waals surface area contributed by atoms with Crippen molar-refractivity contribution in [2.75, 3.05) is 6.61 Å². The van der Waals surface area contributed by atoms with Crippen LogP contribution >= 0.6 is 104 Å². The molecule has 1 N–H and O–H groups in total. The predicted molar refractivity (Wildman–Crippen MR) is 74.7 cm³/mol. The van der Waals surface area contributed by atoms with Crippen molar-refractivity contribution in [1.29, 1.82) is 0 Å². The van der Waals surface area contributed by atoms with Gasteiger partial charge in [0.1, 0.15) is 0 Å². The van der Waals surface area contributed by atoms with Crippen molar-refractivity contribution in [3.05, 3.63) is 0 Å². The largest absolute Gasteiger partial charge is 0.396 e. The Morgan fingerprint density at radius 1 is 0.800 bits per heavy atom. The normalized spacial score (nSPS) is 10.4. The summed E-state index contributed by atoms with van der Waals surface area (Å²) in [5, 5.41) is 8.15. The Balaban J connectivity index is -0.000000155. The van der Waals surface area contributed by atoms with Crippen LogP contribution in [0.5, 0.6) is 0 Å². The summed E-state index contributed by atoms with van der Waals surface area (Å²) >= 11 is 44.4. The fourth-order valence-corrected chi connectivity index (χ4v) is 0.380. The van der Waals surface area contributed by atoms with E-state index in [-0.39, 0.29) is 13.0 Å². The van der Waals surface area contributed by atoms with Crippen molar-refractivity contribution in [1.82, 2.24) is 0 Å². The van der Waals surface area contributed by atoms with E-state index in [9.17, 15) is 0 Å². The van der Waals surface area contributed by atoms with Crippen molar-refractivity contribution in [3.63, 3.8) is 0 Å². The topological polar surface area (TPSA) is 20.2 Å². The first-order chi connectivity index (χ1) is 6.52. The van der Waals surface area contributed by atoms with Gasteiger partial charge >= 0.3 is 0 Å². The molecule has 0 fully saturated rings. The van der Waals surface area contributed by atoms with E-state index in [4.69, 9.17) is 110 Å². The average Bonchev–Trinajstić information content (AvgIpc) is 1.79. The molecule has 1 nitrogen and oxygen atoms in total. The highest BCUT2D eigenvalue weighted by Gasteiger charge is 2.17. The van der Waals surface area contributed by atoms with Gasteiger partial charge in [-0.1, -0.05) is 104 Å². The quantitative estimate of drug-likeness (QED) is 0.557. The summed E-state index contributed by atoms with van der Waals surface area (Å²) in [6.07, 6.45) is 0.192. The minimum Gasteiger partial charge on any atom is -0.396 e. The minimum atomic E-state index is -1.28. The minimum absolute atomic E-state index is 0.0868. The molecule has 0 aromatic rings. The molecule has 0 aromatic carbocycles. The van der Waals surface area contributed by atoms with Crippen molar-refractivity contribution in [2.24, 2.45) is 0 Å². The first kappa shape index (κ1) is 22.7. The summed E-state index contributed by atoms with van der Waals surface area (Å²) in [6, 6.07) is 0. The van der Waals surface area contributed by atoms with Gasteiger partial charge in [0.05, 0.1) is 0 Å². The van der Waals surface area contributed by atoms with Crippen LogP contribution in [0.1, 0.15) is 6.42 Å². The molecule has 0 radical (unpaired) electrons. The van der Waals surface area contributed by atoms with Crippen LogP contribution in [-0.2, 0) is 0 Å². The number of alkyl halides is 9. The van der Waals surface area contributed by atoms with E-state index < -0.39 is 12.4 Å². The fraction of sp³-hybridized carbons (Fsp3) is 1.00. The number of aliphatic hydroxyl groups excluding tert-OH is 1. The molecule has 0 aliphatic heterocycles. The van der Waals surface area contributed by atoms with Crippen LogP contribution in [0, 0.1) is 0 Å². The smallest absolute Gasteiger partial charge is 0.192 e. The molecule has 0 aromatic heterocycles. The highest BCUT2D eigenvalue weighted by Crippen LogP contribution is 2.28. The second-order valence-electron chi connectivity index (χ2n) is 1.58. The van der Waals surface area contributed by atoms with E-state index >= 15 is 0 Å². The Morgan fingerprint density at radius 3 is 1.00 bits per heavy atom. The lowest BCUT2D eigenvalue weighted by molar-refractivity contribution is 0.290. The zero-order valence-electron chi connectivity index (χ0n) is 6.92. The maximum absolute atomic E-state index is 8.15. The van der Waals surface area contributed by atoms with Gasteiger partial charge < -0.3 is 5.11 Å². The second kappa shape index (κ2) is 14.6. The number of hydrogen-bond donors (Lipinski definition) is 1. The molecule has 0 unspecified atom stereocenters. The van der Waals surface area contributed by atoms with E-state index in [2.05, 4.69) is 0 Å². The maximum Gasteiger partial charge on any atom is 0.192 e. The Bertz CT molecular complexity index is 100. The highest BCUT2D eigenvalue weighted by atomic mass is 35.6. The van der Waals surface area contributed by atoms with Gasteiger partial charge in [-0.15, -0.1) is 0 Å². The molecule has 15 heavy (non-hydrogen) atoms. The van der Waals surface area contributed by atoms with Crippen LogP contribution in [0.25, 0.3) is 0 Å². The SMILES string of the molecule is ClC(Cl)Cl.ClC(Cl)Cl.OCCC(Cl)(Cl)Cl. The summed E-state index contributed by atoms with van der Waals surface area (Å²) in [4.78, 5) is 0. The Labute approximate surface area is 134 Å². The standard InChI is InChI=1S/C3H5Cl3O.2CHCl3/c4-3(5,6)1-2-7;2*2-1(3)4/h7H,1-2H2;2*1H. The van der Waals surface area contributed by atoms with Crippen LogP contribution in [0.4, 0.5) is 0 Å².